The number of hydrogen-bond donors (Lipinski definition) is 1. The van der Waals surface area contributed by atoms with Crippen molar-refractivity contribution in [1.29, 1.82) is 0 Å². The van der Waals surface area contributed by atoms with Crippen molar-refractivity contribution in [3.63, 3.8) is 0 Å². The lowest BCUT2D eigenvalue weighted by molar-refractivity contribution is 0.252. The average Bonchev–Trinajstić information content (AvgIpc) is 2.55. The van der Waals surface area contributed by atoms with Gasteiger partial charge in [0.05, 0.1) is 6.61 Å². The zero-order chi connectivity index (χ0) is 20.5. The minimum Gasteiger partial charge on any atom is -0.427 e. The molecule has 0 radical (unpaired) electrons. The van der Waals surface area contributed by atoms with Crippen molar-refractivity contribution in [2.45, 2.75) is 104 Å². The van der Waals surface area contributed by atoms with E-state index in [1.165, 1.54) is 37.7 Å². The molecule has 0 aliphatic heterocycles. The molecule has 156 valence electrons. The summed E-state index contributed by atoms with van der Waals surface area (Å²) in [5.41, 5.74) is 2.39. The second kappa shape index (κ2) is 11.4. The van der Waals surface area contributed by atoms with Gasteiger partial charge in [-0.05, 0) is 28.9 Å². The molecular weight excluding hydrogens is 355 g/mol. The van der Waals surface area contributed by atoms with Gasteiger partial charge in [0.25, 0.3) is 0 Å². The van der Waals surface area contributed by atoms with Gasteiger partial charge in [-0.2, -0.15) is 0 Å². The molecule has 0 amide bonds. The van der Waals surface area contributed by atoms with Gasteiger partial charge in [-0.3, -0.25) is 0 Å². The van der Waals surface area contributed by atoms with Crippen LogP contribution in [0.1, 0.15) is 105 Å². The van der Waals surface area contributed by atoms with Gasteiger partial charge >= 0.3 is 8.60 Å². The van der Waals surface area contributed by atoms with Crippen molar-refractivity contribution >= 4 is 8.60 Å². The van der Waals surface area contributed by atoms with Crippen LogP contribution in [-0.4, -0.2) is 11.5 Å². The Hall–Kier alpha value is -0.630. The maximum atomic E-state index is 10.2. The number of unbranched alkanes of at least 4 members (excludes halogenated alkanes) is 6. The summed E-state index contributed by atoms with van der Waals surface area (Å²) in [6.07, 6.45) is 8.61. The molecule has 0 aliphatic carbocycles. The highest BCUT2D eigenvalue weighted by atomic mass is 31.2. The molecule has 1 aromatic carbocycles. The van der Waals surface area contributed by atoms with E-state index in [1.807, 2.05) is 6.07 Å². The van der Waals surface area contributed by atoms with E-state index in [-0.39, 0.29) is 10.8 Å². The maximum absolute atomic E-state index is 10.2. The van der Waals surface area contributed by atoms with E-state index in [1.54, 1.807) is 0 Å². The number of hydrogen-bond acceptors (Lipinski definition) is 3. The Kier molecular flexibility index (Phi) is 10.3. The number of benzene rings is 1. The van der Waals surface area contributed by atoms with Crippen LogP contribution in [0.2, 0.25) is 0 Å². The van der Waals surface area contributed by atoms with E-state index in [9.17, 15) is 4.89 Å². The lowest BCUT2D eigenvalue weighted by Gasteiger charge is -2.27. The van der Waals surface area contributed by atoms with Gasteiger partial charge in [0.15, 0.2) is 0 Å². The second-order valence-corrected chi connectivity index (χ2v) is 10.4. The molecule has 0 saturated heterocycles. The fraction of sp³-hybridized carbons (Fsp3) is 0.739. The van der Waals surface area contributed by atoms with E-state index in [0.29, 0.717) is 6.61 Å². The summed E-state index contributed by atoms with van der Waals surface area (Å²) in [4.78, 5) is 10.2. The largest absolute Gasteiger partial charge is 0.427 e. The summed E-state index contributed by atoms with van der Waals surface area (Å²) in [6.45, 7) is 15.9. The van der Waals surface area contributed by atoms with E-state index >= 15 is 0 Å². The molecule has 1 N–H and O–H groups in total. The molecule has 1 unspecified atom stereocenters. The maximum Gasteiger partial charge on any atom is 0.394 e. The van der Waals surface area contributed by atoms with Gasteiger partial charge in [0, 0.05) is 5.56 Å². The summed E-state index contributed by atoms with van der Waals surface area (Å²) in [6, 6.07) is 6.27. The SMILES string of the molecule is CCCCCCCCCOP(O)Oc1ccc(C(C)(C)C)cc1C(C)(C)C. The topological polar surface area (TPSA) is 38.7 Å². The average molecular weight is 397 g/mol. The smallest absolute Gasteiger partial charge is 0.394 e. The van der Waals surface area contributed by atoms with Gasteiger partial charge in [-0.1, -0.05) is 99.1 Å². The van der Waals surface area contributed by atoms with Gasteiger partial charge in [-0.15, -0.1) is 0 Å². The van der Waals surface area contributed by atoms with E-state index < -0.39 is 8.60 Å². The fourth-order valence-corrected chi connectivity index (χ4v) is 3.64. The quantitative estimate of drug-likeness (QED) is 0.308. The zero-order valence-corrected chi connectivity index (χ0v) is 19.5. The van der Waals surface area contributed by atoms with Crippen molar-refractivity contribution in [3.8, 4) is 5.75 Å². The molecule has 4 heteroatoms. The van der Waals surface area contributed by atoms with E-state index in [0.717, 1.165) is 24.2 Å². The minimum atomic E-state index is -1.89. The summed E-state index contributed by atoms with van der Waals surface area (Å²) in [5, 5.41) is 0. The highest BCUT2D eigenvalue weighted by molar-refractivity contribution is 7.41. The molecule has 0 spiro atoms. The first kappa shape index (κ1) is 24.4. The first-order chi connectivity index (χ1) is 12.6. The third-order valence-electron chi connectivity index (χ3n) is 4.78. The van der Waals surface area contributed by atoms with Crippen molar-refractivity contribution < 1.29 is 13.9 Å². The van der Waals surface area contributed by atoms with Crippen LogP contribution in [-0.2, 0) is 15.4 Å². The van der Waals surface area contributed by atoms with Crippen LogP contribution >= 0.6 is 8.60 Å². The lowest BCUT2D eigenvalue weighted by atomic mass is 9.80. The van der Waals surface area contributed by atoms with Crippen LogP contribution in [0.4, 0.5) is 0 Å². The Morgan fingerprint density at radius 3 is 2.00 bits per heavy atom. The molecule has 0 aliphatic rings. The Labute approximate surface area is 168 Å². The molecule has 27 heavy (non-hydrogen) atoms. The van der Waals surface area contributed by atoms with Gasteiger partial charge in [-0.25, -0.2) is 0 Å². The molecule has 3 nitrogen and oxygen atoms in total. The Balaban J connectivity index is 2.55. The minimum absolute atomic E-state index is 0.0642. The third-order valence-corrected chi connectivity index (χ3v) is 5.54. The molecular formula is C23H41O3P. The number of rotatable bonds is 11. The van der Waals surface area contributed by atoms with Crippen molar-refractivity contribution in [2.24, 2.45) is 0 Å². The van der Waals surface area contributed by atoms with Crippen LogP contribution in [0.5, 0.6) is 5.75 Å². The molecule has 1 aromatic rings. The van der Waals surface area contributed by atoms with Crippen molar-refractivity contribution in [2.75, 3.05) is 6.61 Å². The van der Waals surface area contributed by atoms with Crippen LogP contribution in [0.15, 0.2) is 18.2 Å². The Morgan fingerprint density at radius 1 is 0.852 bits per heavy atom. The summed E-state index contributed by atoms with van der Waals surface area (Å²) in [7, 11) is -1.89. The van der Waals surface area contributed by atoms with Crippen LogP contribution in [0.3, 0.4) is 0 Å². The highest BCUT2D eigenvalue weighted by Crippen LogP contribution is 2.42. The summed E-state index contributed by atoms with van der Waals surface area (Å²) < 4.78 is 11.3. The molecule has 0 aromatic heterocycles. The second-order valence-electron chi connectivity index (χ2n) is 9.49. The molecule has 0 saturated carbocycles. The highest BCUT2D eigenvalue weighted by Gasteiger charge is 2.24. The van der Waals surface area contributed by atoms with Gasteiger partial charge in [0.2, 0.25) is 0 Å². The standard InChI is InChI=1S/C23H41O3P/c1-8-9-10-11-12-13-14-17-25-27(24)26-21-16-15-19(22(2,3)4)18-20(21)23(5,6)7/h15-16,18,24H,8-14,17H2,1-7H3. The van der Waals surface area contributed by atoms with Crippen LogP contribution in [0, 0.1) is 0 Å². The predicted octanol–water partition coefficient (Wildman–Crippen LogP) is 7.65. The normalized spacial score (nSPS) is 13.6. The van der Waals surface area contributed by atoms with Crippen LogP contribution < -0.4 is 4.52 Å². The van der Waals surface area contributed by atoms with E-state index in [4.69, 9.17) is 9.05 Å². The van der Waals surface area contributed by atoms with E-state index in [2.05, 4.69) is 60.6 Å². The molecule has 1 atom stereocenters. The molecule has 1 rings (SSSR count). The lowest BCUT2D eigenvalue weighted by Crippen LogP contribution is -2.17. The first-order valence-corrected chi connectivity index (χ1v) is 11.6. The Morgan fingerprint density at radius 2 is 1.44 bits per heavy atom. The first-order valence-electron chi connectivity index (χ1n) is 10.5. The third kappa shape index (κ3) is 9.41. The Bertz CT molecular complexity index is 544. The fourth-order valence-electron chi connectivity index (χ4n) is 2.97. The van der Waals surface area contributed by atoms with Crippen molar-refractivity contribution in [3.05, 3.63) is 29.3 Å². The van der Waals surface area contributed by atoms with Gasteiger partial charge in [0.1, 0.15) is 5.75 Å². The predicted molar refractivity (Wildman–Crippen MR) is 118 cm³/mol. The van der Waals surface area contributed by atoms with Gasteiger partial charge < -0.3 is 13.9 Å². The molecule has 0 bridgehead atoms. The summed E-state index contributed by atoms with van der Waals surface area (Å²) >= 11 is 0. The zero-order valence-electron chi connectivity index (χ0n) is 18.6. The molecule has 0 fully saturated rings. The van der Waals surface area contributed by atoms with Crippen molar-refractivity contribution in [1.82, 2.24) is 0 Å². The van der Waals surface area contributed by atoms with Crippen LogP contribution in [0.25, 0.3) is 0 Å². The monoisotopic (exact) mass is 396 g/mol. The molecule has 0 heterocycles. The summed E-state index contributed by atoms with van der Waals surface area (Å²) in [5.74, 6) is 0.726.